The van der Waals surface area contributed by atoms with Crippen molar-refractivity contribution in [1.82, 2.24) is 25.2 Å². The average Bonchev–Trinajstić information content (AvgIpc) is 3.12. The van der Waals surface area contributed by atoms with Crippen molar-refractivity contribution >= 4 is 23.0 Å². The first-order valence-corrected chi connectivity index (χ1v) is 9.66. The van der Waals surface area contributed by atoms with Crippen LogP contribution in [0.15, 0.2) is 25.0 Å². The average molecular weight is 401 g/mol. The largest absolute Gasteiger partial charge is 0.471 e. The van der Waals surface area contributed by atoms with Gasteiger partial charge in [-0.05, 0) is 32.8 Å². The Morgan fingerprint density at radius 2 is 2.28 bits per heavy atom. The van der Waals surface area contributed by atoms with Crippen LogP contribution >= 0.6 is 0 Å². The van der Waals surface area contributed by atoms with Gasteiger partial charge in [0.2, 0.25) is 11.8 Å². The fourth-order valence-corrected chi connectivity index (χ4v) is 3.46. The van der Waals surface area contributed by atoms with Crippen LogP contribution in [-0.2, 0) is 9.53 Å². The van der Waals surface area contributed by atoms with Gasteiger partial charge in [0.15, 0.2) is 5.65 Å². The predicted molar refractivity (Wildman–Crippen MR) is 108 cm³/mol. The number of rotatable bonds is 7. The lowest BCUT2D eigenvalue weighted by atomic mass is 10.0. The fourth-order valence-electron chi connectivity index (χ4n) is 3.46. The molecule has 1 aliphatic heterocycles. The number of carbonyl (C=O) groups excluding carboxylic acids is 2. The second-order valence-corrected chi connectivity index (χ2v) is 7.30. The summed E-state index contributed by atoms with van der Waals surface area (Å²) < 4.78 is 11.0. The molecule has 0 saturated carbocycles. The van der Waals surface area contributed by atoms with Crippen LogP contribution < -0.4 is 10.1 Å². The van der Waals surface area contributed by atoms with E-state index in [0.29, 0.717) is 35.8 Å². The number of nitrogens with zero attached hydrogens (tertiary/aromatic N) is 3. The molecule has 1 unspecified atom stereocenters. The van der Waals surface area contributed by atoms with Crippen molar-refractivity contribution in [2.24, 2.45) is 0 Å². The van der Waals surface area contributed by atoms with Crippen LogP contribution in [0.4, 0.5) is 0 Å². The summed E-state index contributed by atoms with van der Waals surface area (Å²) in [5.74, 6) is -0.0507. The van der Waals surface area contributed by atoms with Crippen molar-refractivity contribution in [3.63, 3.8) is 0 Å². The number of hydrogen-bond acceptors (Lipinski definition) is 6. The summed E-state index contributed by atoms with van der Waals surface area (Å²) in [6.45, 7) is 8.30. The summed E-state index contributed by atoms with van der Waals surface area (Å²) in [4.78, 5) is 38.1. The van der Waals surface area contributed by atoms with Gasteiger partial charge in [0.1, 0.15) is 11.6 Å². The van der Waals surface area contributed by atoms with Gasteiger partial charge in [-0.25, -0.2) is 9.97 Å². The number of aromatic nitrogens is 3. The summed E-state index contributed by atoms with van der Waals surface area (Å²) in [6.07, 6.45) is 5.85. The molecule has 1 aliphatic rings. The Labute approximate surface area is 169 Å². The molecule has 9 heteroatoms. The van der Waals surface area contributed by atoms with Crippen LogP contribution in [-0.4, -0.2) is 70.1 Å². The van der Waals surface area contributed by atoms with E-state index in [1.165, 1.54) is 12.3 Å². The molecule has 2 aromatic rings. The maximum atomic E-state index is 12.5. The molecule has 29 heavy (non-hydrogen) atoms. The number of H-pyrrole nitrogens is 1. The van der Waals surface area contributed by atoms with Gasteiger partial charge in [0, 0.05) is 25.4 Å². The standard InChI is InChI=1S/C20H27N5O4/c1-5-17(26)25-10-14(7-6-13(25)3)29-16-9-22-19-18(24-16)15(8-21-19)20(27)23-12(2)11-28-4/h5,8-9,12-14H,1,6-7,10-11H2,2-4H3,(H,21,22)(H,23,27)/t12?,13-,14+/m1/s1. The topological polar surface area (TPSA) is 109 Å². The Kier molecular flexibility index (Phi) is 6.48. The first kappa shape index (κ1) is 20.8. The first-order valence-electron chi connectivity index (χ1n) is 9.66. The van der Waals surface area contributed by atoms with E-state index in [9.17, 15) is 9.59 Å². The maximum Gasteiger partial charge on any atom is 0.255 e. The molecule has 1 saturated heterocycles. The Bertz CT molecular complexity index is 896. The minimum atomic E-state index is -0.263. The Balaban J connectivity index is 1.75. The monoisotopic (exact) mass is 401 g/mol. The van der Waals surface area contributed by atoms with Crippen molar-refractivity contribution in [1.29, 1.82) is 0 Å². The van der Waals surface area contributed by atoms with Crippen LogP contribution in [0.3, 0.4) is 0 Å². The van der Waals surface area contributed by atoms with E-state index in [1.54, 1.807) is 18.2 Å². The predicted octanol–water partition coefficient (Wildman–Crippen LogP) is 1.67. The highest BCUT2D eigenvalue weighted by atomic mass is 16.5. The summed E-state index contributed by atoms with van der Waals surface area (Å²) in [7, 11) is 1.58. The van der Waals surface area contributed by atoms with E-state index in [-0.39, 0.29) is 30.0 Å². The zero-order valence-electron chi connectivity index (χ0n) is 17.0. The van der Waals surface area contributed by atoms with Crippen LogP contribution in [0.2, 0.25) is 0 Å². The highest BCUT2D eigenvalue weighted by Gasteiger charge is 2.29. The van der Waals surface area contributed by atoms with Crippen LogP contribution in [0.1, 0.15) is 37.0 Å². The lowest BCUT2D eigenvalue weighted by Gasteiger charge is -2.37. The molecule has 3 atom stereocenters. The number of carbonyl (C=O) groups is 2. The van der Waals surface area contributed by atoms with E-state index >= 15 is 0 Å². The van der Waals surface area contributed by atoms with E-state index in [2.05, 4.69) is 26.8 Å². The minimum absolute atomic E-state index is 0.109. The van der Waals surface area contributed by atoms with Crippen molar-refractivity contribution < 1.29 is 19.1 Å². The zero-order valence-corrected chi connectivity index (χ0v) is 17.0. The number of ether oxygens (including phenoxy) is 2. The van der Waals surface area contributed by atoms with Crippen molar-refractivity contribution in [3.8, 4) is 5.88 Å². The summed E-state index contributed by atoms with van der Waals surface area (Å²) in [6, 6.07) is 0.00503. The van der Waals surface area contributed by atoms with Gasteiger partial charge in [-0.3, -0.25) is 9.59 Å². The molecule has 0 radical (unpaired) electrons. The second-order valence-electron chi connectivity index (χ2n) is 7.30. The van der Waals surface area contributed by atoms with E-state index in [0.717, 1.165) is 12.8 Å². The highest BCUT2D eigenvalue weighted by molar-refractivity contribution is 6.04. The molecule has 2 N–H and O–H groups in total. The second kappa shape index (κ2) is 9.04. The number of nitrogens with one attached hydrogen (secondary N) is 2. The Morgan fingerprint density at radius 3 is 3.00 bits per heavy atom. The van der Waals surface area contributed by atoms with Gasteiger partial charge in [-0.2, -0.15) is 0 Å². The number of amides is 2. The molecule has 2 aromatic heterocycles. The van der Waals surface area contributed by atoms with Gasteiger partial charge in [0.25, 0.3) is 5.91 Å². The number of aromatic amines is 1. The smallest absolute Gasteiger partial charge is 0.255 e. The molecule has 0 spiro atoms. The molecule has 0 aromatic carbocycles. The first-order chi connectivity index (χ1) is 13.9. The van der Waals surface area contributed by atoms with Crippen LogP contribution in [0.25, 0.3) is 11.2 Å². The molecule has 0 aliphatic carbocycles. The number of likely N-dealkylation sites (tertiary alicyclic amines) is 1. The molecular weight excluding hydrogens is 374 g/mol. The molecule has 0 bridgehead atoms. The van der Waals surface area contributed by atoms with E-state index < -0.39 is 0 Å². The fraction of sp³-hybridized carbons (Fsp3) is 0.500. The maximum absolute atomic E-state index is 12.5. The van der Waals surface area contributed by atoms with Crippen molar-refractivity contribution in [2.45, 2.75) is 44.9 Å². The van der Waals surface area contributed by atoms with Gasteiger partial charge < -0.3 is 24.7 Å². The lowest BCUT2D eigenvalue weighted by molar-refractivity contribution is -0.131. The molecule has 1 fully saturated rings. The number of methoxy groups -OCH3 is 1. The van der Waals surface area contributed by atoms with Gasteiger partial charge in [-0.1, -0.05) is 6.58 Å². The Hall–Kier alpha value is -2.94. The molecule has 2 amide bonds. The zero-order chi connectivity index (χ0) is 21.0. The van der Waals surface area contributed by atoms with E-state index in [1.807, 2.05) is 13.8 Å². The van der Waals surface area contributed by atoms with Gasteiger partial charge in [-0.15, -0.1) is 0 Å². The number of hydrogen-bond donors (Lipinski definition) is 2. The molecule has 3 heterocycles. The van der Waals surface area contributed by atoms with Crippen LogP contribution in [0, 0.1) is 0 Å². The van der Waals surface area contributed by atoms with Gasteiger partial charge in [0.05, 0.1) is 24.9 Å². The molecule has 156 valence electrons. The Morgan fingerprint density at radius 1 is 1.48 bits per heavy atom. The van der Waals surface area contributed by atoms with Crippen molar-refractivity contribution in [2.75, 3.05) is 20.3 Å². The third kappa shape index (κ3) is 4.73. The number of fused-ring (bicyclic) bond motifs is 1. The third-order valence-electron chi connectivity index (χ3n) is 4.98. The third-order valence-corrected chi connectivity index (χ3v) is 4.98. The van der Waals surface area contributed by atoms with Gasteiger partial charge >= 0.3 is 0 Å². The normalized spacial score (nSPS) is 20.3. The molecule has 9 nitrogen and oxygen atoms in total. The molecular formula is C20H27N5O4. The van der Waals surface area contributed by atoms with Crippen molar-refractivity contribution in [3.05, 3.63) is 30.6 Å². The summed E-state index contributed by atoms with van der Waals surface area (Å²) >= 11 is 0. The SMILES string of the molecule is C=CC(=O)N1C[C@@H](Oc2cnc3[nH]cc(C(=O)NC(C)COC)c3n2)CC[C@H]1C. The highest BCUT2D eigenvalue weighted by Crippen LogP contribution is 2.23. The minimum Gasteiger partial charge on any atom is -0.471 e. The lowest BCUT2D eigenvalue weighted by Crippen LogP contribution is -2.48. The summed E-state index contributed by atoms with van der Waals surface area (Å²) in [5, 5.41) is 2.86. The van der Waals surface area contributed by atoms with Crippen LogP contribution in [0.5, 0.6) is 5.88 Å². The van der Waals surface area contributed by atoms with E-state index in [4.69, 9.17) is 9.47 Å². The molecule has 3 rings (SSSR count). The summed E-state index contributed by atoms with van der Waals surface area (Å²) in [5.41, 5.74) is 1.33. The number of piperidine rings is 1. The quantitative estimate of drug-likeness (QED) is 0.683.